The van der Waals surface area contributed by atoms with Crippen LogP contribution in [0.15, 0.2) is 24.3 Å². The van der Waals surface area contributed by atoms with Gasteiger partial charge in [-0.05, 0) is 61.9 Å². The molecule has 1 aromatic rings. The Bertz CT molecular complexity index is 397. The predicted molar refractivity (Wildman–Crippen MR) is 76.3 cm³/mol. The molecule has 3 rings (SSSR count). The molecule has 0 radical (unpaired) electrons. The fourth-order valence-electron chi connectivity index (χ4n) is 3.76. The van der Waals surface area contributed by atoms with Crippen LogP contribution in [0.3, 0.4) is 0 Å². The maximum absolute atomic E-state index is 5.84. The van der Waals surface area contributed by atoms with Gasteiger partial charge < -0.3 is 5.73 Å². The van der Waals surface area contributed by atoms with Crippen LogP contribution in [0.25, 0.3) is 0 Å². The van der Waals surface area contributed by atoms with Crippen molar-refractivity contribution in [3.8, 4) is 0 Å². The quantitative estimate of drug-likeness (QED) is 0.808. The van der Waals surface area contributed by atoms with Gasteiger partial charge in [-0.2, -0.15) is 0 Å². The van der Waals surface area contributed by atoms with Gasteiger partial charge in [-0.25, -0.2) is 0 Å². The second kappa shape index (κ2) is 4.93. The third-order valence-corrected chi connectivity index (χ3v) is 4.94. The number of piperidine rings is 1. The predicted octanol–water partition coefficient (Wildman–Crippen LogP) is 3.43. The molecule has 0 atom stereocenters. The Morgan fingerprint density at radius 2 is 1.78 bits per heavy atom. The SMILES string of the molecule is Nc1cccc(CN2CCC3(CCCC3)CC2)c1. The molecule has 1 spiro atoms. The van der Waals surface area contributed by atoms with Crippen LogP contribution in [-0.4, -0.2) is 18.0 Å². The van der Waals surface area contributed by atoms with Crippen molar-refractivity contribution in [2.24, 2.45) is 5.41 Å². The first-order chi connectivity index (χ1) is 8.76. The number of nitrogens with zero attached hydrogens (tertiary/aromatic N) is 1. The molecule has 1 heterocycles. The number of hydrogen-bond donors (Lipinski definition) is 1. The summed E-state index contributed by atoms with van der Waals surface area (Å²) in [5.41, 5.74) is 8.81. The maximum Gasteiger partial charge on any atom is 0.0317 e. The molecule has 1 saturated heterocycles. The number of anilines is 1. The molecule has 2 N–H and O–H groups in total. The number of likely N-dealkylation sites (tertiary alicyclic amines) is 1. The summed E-state index contributed by atoms with van der Waals surface area (Å²) < 4.78 is 0. The maximum atomic E-state index is 5.84. The van der Waals surface area contributed by atoms with Gasteiger partial charge in [0.2, 0.25) is 0 Å². The third-order valence-electron chi connectivity index (χ3n) is 4.94. The van der Waals surface area contributed by atoms with Gasteiger partial charge in [0.1, 0.15) is 0 Å². The lowest BCUT2D eigenvalue weighted by Gasteiger charge is -2.39. The summed E-state index contributed by atoms with van der Waals surface area (Å²) in [5.74, 6) is 0. The van der Waals surface area contributed by atoms with E-state index in [4.69, 9.17) is 5.73 Å². The minimum Gasteiger partial charge on any atom is -0.399 e. The lowest BCUT2D eigenvalue weighted by atomic mass is 9.77. The normalized spacial score (nSPS) is 23.6. The van der Waals surface area contributed by atoms with E-state index in [0.717, 1.165) is 17.6 Å². The third kappa shape index (κ3) is 2.54. The average Bonchev–Trinajstić information content (AvgIpc) is 2.81. The van der Waals surface area contributed by atoms with Crippen LogP contribution < -0.4 is 5.73 Å². The van der Waals surface area contributed by atoms with E-state index >= 15 is 0 Å². The van der Waals surface area contributed by atoms with E-state index in [1.807, 2.05) is 6.07 Å². The van der Waals surface area contributed by atoms with Crippen LogP contribution in [0.2, 0.25) is 0 Å². The van der Waals surface area contributed by atoms with E-state index in [-0.39, 0.29) is 0 Å². The number of nitrogens with two attached hydrogens (primary N) is 1. The summed E-state index contributed by atoms with van der Waals surface area (Å²) in [6, 6.07) is 8.33. The van der Waals surface area contributed by atoms with Crippen molar-refractivity contribution in [2.45, 2.75) is 45.1 Å². The van der Waals surface area contributed by atoms with E-state index in [1.165, 1.54) is 57.2 Å². The topological polar surface area (TPSA) is 29.3 Å². The van der Waals surface area contributed by atoms with Crippen molar-refractivity contribution in [1.29, 1.82) is 0 Å². The molecule has 0 aromatic heterocycles. The Kier molecular flexibility index (Phi) is 3.29. The highest BCUT2D eigenvalue weighted by molar-refractivity contribution is 5.40. The number of benzene rings is 1. The lowest BCUT2D eigenvalue weighted by molar-refractivity contribution is 0.103. The van der Waals surface area contributed by atoms with Gasteiger partial charge in [0.25, 0.3) is 0 Å². The molecule has 0 amide bonds. The lowest BCUT2D eigenvalue weighted by Crippen LogP contribution is -2.38. The molecule has 98 valence electrons. The highest BCUT2D eigenvalue weighted by Crippen LogP contribution is 2.46. The molecule has 1 saturated carbocycles. The van der Waals surface area contributed by atoms with Gasteiger partial charge in [0.05, 0.1) is 0 Å². The van der Waals surface area contributed by atoms with Crippen LogP contribution in [0.1, 0.15) is 44.1 Å². The smallest absolute Gasteiger partial charge is 0.0317 e. The molecule has 2 fully saturated rings. The minimum absolute atomic E-state index is 0.728. The first-order valence-corrected chi connectivity index (χ1v) is 7.33. The van der Waals surface area contributed by atoms with Crippen molar-refractivity contribution < 1.29 is 0 Å². The van der Waals surface area contributed by atoms with Crippen molar-refractivity contribution in [3.05, 3.63) is 29.8 Å². The van der Waals surface area contributed by atoms with Gasteiger partial charge in [0.15, 0.2) is 0 Å². The van der Waals surface area contributed by atoms with Crippen molar-refractivity contribution in [2.75, 3.05) is 18.8 Å². The van der Waals surface area contributed by atoms with Crippen molar-refractivity contribution in [3.63, 3.8) is 0 Å². The zero-order chi connectivity index (χ0) is 12.4. The van der Waals surface area contributed by atoms with Gasteiger partial charge in [-0.1, -0.05) is 25.0 Å². The van der Waals surface area contributed by atoms with Crippen molar-refractivity contribution >= 4 is 5.69 Å². The Morgan fingerprint density at radius 3 is 2.44 bits per heavy atom. The fraction of sp³-hybridized carbons (Fsp3) is 0.625. The van der Waals surface area contributed by atoms with E-state index < -0.39 is 0 Å². The highest BCUT2D eigenvalue weighted by atomic mass is 15.1. The van der Waals surface area contributed by atoms with E-state index in [0.29, 0.717) is 0 Å². The van der Waals surface area contributed by atoms with Crippen LogP contribution in [0, 0.1) is 5.41 Å². The van der Waals surface area contributed by atoms with Crippen LogP contribution >= 0.6 is 0 Å². The second-order valence-electron chi connectivity index (χ2n) is 6.23. The Balaban J connectivity index is 1.57. The Labute approximate surface area is 110 Å². The summed E-state index contributed by atoms with van der Waals surface area (Å²) in [4.78, 5) is 2.60. The van der Waals surface area contributed by atoms with Gasteiger partial charge in [-0.15, -0.1) is 0 Å². The van der Waals surface area contributed by atoms with E-state index in [9.17, 15) is 0 Å². The second-order valence-corrected chi connectivity index (χ2v) is 6.23. The van der Waals surface area contributed by atoms with Crippen LogP contribution in [0.4, 0.5) is 5.69 Å². The molecule has 0 bridgehead atoms. The largest absolute Gasteiger partial charge is 0.399 e. The number of rotatable bonds is 2. The van der Waals surface area contributed by atoms with E-state index in [1.54, 1.807) is 0 Å². The molecular formula is C16H24N2. The first kappa shape index (κ1) is 12.0. The summed E-state index contributed by atoms with van der Waals surface area (Å²) >= 11 is 0. The average molecular weight is 244 g/mol. The zero-order valence-corrected chi connectivity index (χ0v) is 11.2. The van der Waals surface area contributed by atoms with Gasteiger partial charge >= 0.3 is 0 Å². The Hall–Kier alpha value is -1.02. The molecule has 2 aliphatic rings. The van der Waals surface area contributed by atoms with Gasteiger partial charge in [-0.3, -0.25) is 4.90 Å². The van der Waals surface area contributed by atoms with Crippen LogP contribution in [0.5, 0.6) is 0 Å². The Morgan fingerprint density at radius 1 is 1.06 bits per heavy atom. The zero-order valence-electron chi connectivity index (χ0n) is 11.2. The molecule has 18 heavy (non-hydrogen) atoms. The molecule has 0 unspecified atom stereocenters. The molecular weight excluding hydrogens is 220 g/mol. The first-order valence-electron chi connectivity index (χ1n) is 7.33. The standard InChI is InChI=1S/C16H24N2/c17-15-5-3-4-14(12-15)13-18-10-8-16(9-11-18)6-1-2-7-16/h3-5,12H,1-2,6-11,13,17H2. The summed E-state index contributed by atoms with van der Waals surface area (Å²) in [5, 5.41) is 0. The van der Waals surface area contributed by atoms with Gasteiger partial charge in [0, 0.05) is 12.2 Å². The molecule has 1 aliphatic carbocycles. The van der Waals surface area contributed by atoms with Crippen molar-refractivity contribution in [1.82, 2.24) is 4.90 Å². The number of nitrogen functional groups attached to an aromatic ring is 1. The van der Waals surface area contributed by atoms with E-state index in [2.05, 4.69) is 23.1 Å². The molecule has 1 aromatic carbocycles. The summed E-state index contributed by atoms with van der Waals surface area (Å²) in [6.07, 6.45) is 8.73. The highest BCUT2D eigenvalue weighted by Gasteiger charge is 2.36. The number of hydrogen-bond acceptors (Lipinski definition) is 2. The summed E-state index contributed by atoms with van der Waals surface area (Å²) in [6.45, 7) is 3.62. The minimum atomic E-state index is 0.728. The molecule has 2 nitrogen and oxygen atoms in total. The monoisotopic (exact) mass is 244 g/mol. The summed E-state index contributed by atoms with van der Waals surface area (Å²) in [7, 11) is 0. The fourth-order valence-corrected chi connectivity index (χ4v) is 3.76. The molecule has 2 heteroatoms. The molecule has 1 aliphatic heterocycles. The van der Waals surface area contributed by atoms with Crippen LogP contribution in [-0.2, 0) is 6.54 Å².